The third kappa shape index (κ3) is 7.59. The van der Waals surface area contributed by atoms with Gasteiger partial charge in [0.2, 0.25) is 0 Å². The molecule has 0 bridgehead atoms. The summed E-state index contributed by atoms with van der Waals surface area (Å²) in [5.74, 6) is 1.92. The van der Waals surface area contributed by atoms with Crippen molar-refractivity contribution in [3.8, 4) is 5.75 Å². The van der Waals surface area contributed by atoms with Crippen LogP contribution in [0.25, 0.3) is 0 Å². The lowest BCUT2D eigenvalue weighted by atomic mass is 9.61. The molecule has 1 saturated heterocycles. The smallest absolute Gasteiger partial charge is 0.160 e. The van der Waals surface area contributed by atoms with Crippen molar-refractivity contribution in [2.45, 2.75) is 57.1 Å². The lowest BCUT2D eigenvalue weighted by molar-refractivity contribution is -0.222. The van der Waals surface area contributed by atoms with E-state index in [0.717, 1.165) is 42.8 Å². The quantitative estimate of drug-likeness (QED) is 0.276. The van der Waals surface area contributed by atoms with Crippen LogP contribution in [0, 0.1) is 30.5 Å². The summed E-state index contributed by atoms with van der Waals surface area (Å²) in [6, 6.07) is 11.9. The standard InChI is InChI=1S/C30H40B2FO3P/c1-3-21-18-34-29(35-19-21)24-12-8-22(9-13-24)6-4-5-7-23-10-14-25(15-11-23)30(31,32)36-26-16-27(33)20(2)28(37)17-26/h3-5,10-11,14-17,21-22,24,29H,1,6-9,12-13,18-19,31-32,37H2,2H3/b5-4-. The lowest BCUT2D eigenvalue weighted by Gasteiger charge is -2.37. The Kier molecular flexibility index (Phi) is 9.73. The van der Waals surface area contributed by atoms with Gasteiger partial charge in [-0.05, 0) is 79.4 Å². The molecule has 196 valence electrons. The molecule has 0 radical (unpaired) electrons. The first kappa shape index (κ1) is 28.1. The molecule has 2 aromatic carbocycles. The second-order valence-electron chi connectivity index (χ2n) is 11.2. The van der Waals surface area contributed by atoms with E-state index in [9.17, 15) is 4.39 Å². The zero-order valence-electron chi connectivity index (χ0n) is 22.5. The Hall–Kier alpha value is -1.87. The maximum absolute atomic E-state index is 14.1. The van der Waals surface area contributed by atoms with Gasteiger partial charge in [-0.25, -0.2) is 4.39 Å². The summed E-state index contributed by atoms with van der Waals surface area (Å²) < 4.78 is 32.2. The fourth-order valence-corrected chi connectivity index (χ4v) is 5.58. The third-order valence-corrected chi connectivity index (χ3v) is 8.53. The molecule has 2 aromatic rings. The Bertz CT molecular complexity index is 1050. The molecule has 2 aliphatic rings. The molecule has 1 aliphatic carbocycles. The Morgan fingerprint density at radius 2 is 1.76 bits per heavy atom. The second kappa shape index (κ2) is 12.8. The van der Waals surface area contributed by atoms with Gasteiger partial charge in [-0.3, -0.25) is 0 Å². The fraction of sp³-hybridized carbons (Fsp3) is 0.467. The van der Waals surface area contributed by atoms with Crippen molar-refractivity contribution >= 4 is 30.2 Å². The third-order valence-electron chi connectivity index (χ3n) is 7.93. The molecule has 4 rings (SSSR count). The van der Waals surface area contributed by atoms with Crippen LogP contribution in [0.1, 0.15) is 48.8 Å². The van der Waals surface area contributed by atoms with Gasteiger partial charge in [0, 0.05) is 17.9 Å². The summed E-state index contributed by atoms with van der Waals surface area (Å²) in [6.07, 6.45) is 13.5. The molecule has 1 unspecified atom stereocenters. The molecule has 2 fully saturated rings. The molecule has 1 atom stereocenters. The number of hydrogen-bond donors (Lipinski definition) is 0. The van der Waals surface area contributed by atoms with Crippen LogP contribution >= 0.6 is 9.24 Å². The van der Waals surface area contributed by atoms with Crippen LogP contribution in [-0.2, 0) is 21.3 Å². The number of hydrogen-bond acceptors (Lipinski definition) is 3. The summed E-state index contributed by atoms with van der Waals surface area (Å²) in [4.78, 5) is 0. The normalized spacial score (nSPS) is 24.7. The van der Waals surface area contributed by atoms with E-state index in [-0.39, 0.29) is 12.1 Å². The zero-order chi connectivity index (χ0) is 26.4. The van der Waals surface area contributed by atoms with E-state index in [1.807, 2.05) is 27.8 Å². The topological polar surface area (TPSA) is 27.7 Å². The number of allylic oxidation sites excluding steroid dienone is 2. The van der Waals surface area contributed by atoms with Crippen molar-refractivity contribution in [3.63, 3.8) is 0 Å². The summed E-state index contributed by atoms with van der Waals surface area (Å²) in [6.45, 7) is 7.10. The molecular formula is C30H40B2FO3P. The van der Waals surface area contributed by atoms with E-state index in [2.05, 4.69) is 52.2 Å². The van der Waals surface area contributed by atoms with E-state index in [1.54, 1.807) is 6.92 Å². The van der Waals surface area contributed by atoms with E-state index < -0.39 is 5.40 Å². The van der Waals surface area contributed by atoms with Crippen LogP contribution in [0.2, 0.25) is 0 Å². The van der Waals surface area contributed by atoms with Crippen LogP contribution in [0.4, 0.5) is 4.39 Å². The van der Waals surface area contributed by atoms with Gasteiger partial charge in [0.25, 0.3) is 0 Å². The predicted octanol–water partition coefficient (Wildman–Crippen LogP) is 4.56. The fourth-order valence-electron chi connectivity index (χ4n) is 5.27. The van der Waals surface area contributed by atoms with Crippen LogP contribution in [0.3, 0.4) is 0 Å². The average molecular weight is 520 g/mol. The van der Waals surface area contributed by atoms with Gasteiger partial charge in [0.15, 0.2) is 22.0 Å². The molecule has 1 aliphatic heterocycles. The molecule has 0 aromatic heterocycles. The molecule has 0 amide bonds. The van der Waals surface area contributed by atoms with E-state index in [0.29, 0.717) is 23.1 Å². The molecule has 37 heavy (non-hydrogen) atoms. The summed E-state index contributed by atoms with van der Waals surface area (Å²) >= 11 is 0. The molecule has 1 heterocycles. The number of halogens is 1. The lowest BCUT2D eigenvalue weighted by Crippen LogP contribution is -2.37. The van der Waals surface area contributed by atoms with Gasteiger partial charge in [-0.2, -0.15) is 0 Å². The number of benzene rings is 2. The first-order valence-electron chi connectivity index (χ1n) is 13.6. The minimum absolute atomic E-state index is 0.0211. The van der Waals surface area contributed by atoms with Crippen molar-refractivity contribution in [1.82, 2.24) is 0 Å². The predicted molar refractivity (Wildman–Crippen MR) is 159 cm³/mol. The first-order valence-corrected chi connectivity index (χ1v) is 14.2. The SMILES string of the molecule is BC(B)(Oc1cc(F)c(C)c(P)c1)c1ccc(C/C=C\CC2CCC(C3OCC(C=C)CO3)CC2)cc1. The highest BCUT2D eigenvalue weighted by molar-refractivity contribution is 7.27. The Morgan fingerprint density at radius 1 is 1.08 bits per heavy atom. The second-order valence-corrected chi connectivity index (χ2v) is 11.8. The van der Waals surface area contributed by atoms with Crippen LogP contribution in [0.15, 0.2) is 61.2 Å². The van der Waals surface area contributed by atoms with Crippen LogP contribution in [-0.4, -0.2) is 35.2 Å². The van der Waals surface area contributed by atoms with Crippen LogP contribution in [0.5, 0.6) is 5.75 Å². The first-order chi connectivity index (χ1) is 17.7. The highest BCUT2D eigenvalue weighted by Crippen LogP contribution is 2.35. The molecule has 0 spiro atoms. The monoisotopic (exact) mass is 520 g/mol. The number of rotatable bonds is 9. The summed E-state index contributed by atoms with van der Waals surface area (Å²) in [5.41, 5.74) is 2.97. The summed E-state index contributed by atoms with van der Waals surface area (Å²) in [7, 11) is 6.61. The average Bonchev–Trinajstić information content (AvgIpc) is 2.90. The minimum Gasteiger partial charge on any atom is -0.501 e. The highest BCUT2D eigenvalue weighted by Gasteiger charge is 2.31. The Labute approximate surface area is 226 Å². The molecule has 3 nitrogen and oxygen atoms in total. The summed E-state index contributed by atoms with van der Waals surface area (Å²) in [5, 5.41) is 0.253. The maximum Gasteiger partial charge on any atom is 0.160 e. The molecule has 1 saturated carbocycles. The van der Waals surface area contributed by atoms with Gasteiger partial charge in [-0.1, -0.05) is 42.5 Å². The Morgan fingerprint density at radius 3 is 2.38 bits per heavy atom. The largest absolute Gasteiger partial charge is 0.501 e. The van der Waals surface area contributed by atoms with Gasteiger partial charge < -0.3 is 14.2 Å². The zero-order valence-corrected chi connectivity index (χ0v) is 23.7. The maximum atomic E-state index is 14.1. The highest BCUT2D eigenvalue weighted by atomic mass is 31.0. The van der Waals surface area contributed by atoms with E-state index in [1.165, 1.54) is 37.3 Å². The van der Waals surface area contributed by atoms with Gasteiger partial charge in [0.05, 0.1) is 18.6 Å². The molecule has 0 N–H and O–H groups in total. The molecule has 7 heteroatoms. The Balaban J connectivity index is 1.21. The van der Waals surface area contributed by atoms with Gasteiger partial charge in [-0.15, -0.1) is 15.8 Å². The number of ether oxygens (including phenoxy) is 3. The minimum atomic E-state index is -0.562. The van der Waals surface area contributed by atoms with Crippen molar-refractivity contribution < 1.29 is 18.6 Å². The van der Waals surface area contributed by atoms with Crippen molar-refractivity contribution in [2.24, 2.45) is 17.8 Å². The molecular weight excluding hydrogens is 480 g/mol. The van der Waals surface area contributed by atoms with Crippen molar-refractivity contribution in [1.29, 1.82) is 0 Å². The van der Waals surface area contributed by atoms with Crippen LogP contribution < -0.4 is 10.0 Å². The van der Waals surface area contributed by atoms with E-state index in [4.69, 9.17) is 14.2 Å². The van der Waals surface area contributed by atoms with Crippen molar-refractivity contribution in [2.75, 3.05) is 13.2 Å². The van der Waals surface area contributed by atoms with Crippen molar-refractivity contribution in [3.05, 3.63) is 83.7 Å². The van der Waals surface area contributed by atoms with Gasteiger partial charge >= 0.3 is 0 Å². The van der Waals surface area contributed by atoms with E-state index >= 15 is 0 Å². The van der Waals surface area contributed by atoms with Gasteiger partial charge in [0.1, 0.15) is 11.6 Å².